The number of benzene rings is 3. The molecule has 0 spiro atoms. The molecule has 0 amide bonds. The monoisotopic (exact) mass is 425 g/mol. The largest absolute Gasteiger partial charge is 0.505 e. The highest BCUT2D eigenvalue weighted by atomic mass is 19.1. The lowest BCUT2D eigenvalue weighted by atomic mass is 10.1. The molecule has 0 unspecified atom stereocenters. The third kappa shape index (κ3) is 3.78. The number of fused-ring (bicyclic) bond motifs is 1. The summed E-state index contributed by atoms with van der Waals surface area (Å²) in [5, 5.41) is 20.7. The van der Waals surface area contributed by atoms with Gasteiger partial charge in [-0.15, -0.1) is 0 Å². The molecule has 3 aromatic carbocycles. The lowest BCUT2D eigenvalue weighted by molar-refractivity contribution is 0.431. The Kier molecular flexibility index (Phi) is 5.03. The van der Waals surface area contributed by atoms with E-state index in [1.54, 1.807) is 16.7 Å². The molecule has 2 N–H and O–H groups in total. The first-order valence-corrected chi connectivity index (χ1v) is 10.2. The van der Waals surface area contributed by atoms with Crippen molar-refractivity contribution in [2.24, 2.45) is 0 Å². The minimum atomic E-state index is -0.685. The summed E-state index contributed by atoms with van der Waals surface area (Å²) >= 11 is 0. The molecule has 0 atom stereocenters. The first-order valence-electron chi connectivity index (χ1n) is 10.2. The first kappa shape index (κ1) is 19.8. The molecule has 0 saturated heterocycles. The van der Waals surface area contributed by atoms with E-state index in [0.717, 1.165) is 22.5 Å². The van der Waals surface area contributed by atoms with E-state index in [-0.39, 0.29) is 12.3 Å². The van der Waals surface area contributed by atoms with E-state index >= 15 is 0 Å². The Morgan fingerprint density at radius 2 is 1.44 bits per heavy atom. The molecule has 5 nitrogen and oxygen atoms in total. The quantitative estimate of drug-likeness (QED) is 0.410. The first-order chi connectivity index (χ1) is 15.6. The Hall–Kier alpha value is -4.19. The van der Waals surface area contributed by atoms with Crippen LogP contribution in [0.1, 0.15) is 22.5 Å². The molecule has 0 bridgehead atoms. The van der Waals surface area contributed by atoms with Gasteiger partial charge in [-0.25, -0.2) is 14.4 Å². The number of hydrogen-bond donors (Lipinski definition) is 2. The number of imidazole rings is 1. The van der Waals surface area contributed by atoms with Gasteiger partial charge in [0.15, 0.2) is 17.2 Å². The number of rotatable bonds is 5. The van der Waals surface area contributed by atoms with Crippen LogP contribution in [-0.2, 0) is 12.8 Å². The average Bonchev–Trinajstić information content (AvgIpc) is 3.13. The maximum absolute atomic E-state index is 13.4. The van der Waals surface area contributed by atoms with Crippen molar-refractivity contribution in [3.05, 3.63) is 113 Å². The smallest absolute Gasteiger partial charge is 0.219 e. The van der Waals surface area contributed by atoms with E-state index in [9.17, 15) is 14.6 Å². The van der Waals surface area contributed by atoms with Crippen molar-refractivity contribution in [1.29, 1.82) is 0 Å². The Morgan fingerprint density at radius 3 is 2.16 bits per heavy atom. The third-order valence-corrected chi connectivity index (χ3v) is 5.39. The van der Waals surface area contributed by atoms with Crippen LogP contribution in [0.4, 0.5) is 4.39 Å². The summed E-state index contributed by atoms with van der Waals surface area (Å²) in [7, 11) is 0. The van der Waals surface area contributed by atoms with Gasteiger partial charge < -0.3 is 10.2 Å². The summed E-state index contributed by atoms with van der Waals surface area (Å²) < 4.78 is 15.1. The predicted octanol–water partition coefficient (Wildman–Crippen LogP) is 5.13. The molecule has 0 fully saturated rings. The number of phenols is 1. The highest BCUT2D eigenvalue weighted by Crippen LogP contribution is 2.29. The minimum Gasteiger partial charge on any atom is -0.505 e. The van der Waals surface area contributed by atoms with Gasteiger partial charge in [-0.2, -0.15) is 0 Å². The number of nitrogens with zero attached hydrogens (tertiary/aromatic N) is 3. The minimum absolute atomic E-state index is 0.00212. The van der Waals surface area contributed by atoms with Crippen LogP contribution in [0, 0.1) is 5.82 Å². The second-order valence-electron chi connectivity index (χ2n) is 7.64. The van der Waals surface area contributed by atoms with Gasteiger partial charge in [-0.1, -0.05) is 66.7 Å². The Labute approximate surface area is 184 Å². The Morgan fingerprint density at radius 1 is 0.750 bits per heavy atom. The summed E-state index contributed by atoms with van der Waals surface area (Å²) in [5.41, 5.74) is 5.11. The summed E-state index contributed by atoms with van der Waals surface area (Å²) in [6, 6.07) is 23.8. The lowest BCUT2D eigenvalue weighted by Crippen LogP contribution is -2.00. The molecule has 32 heavy (non-hydrogen) atoms. The average molecular weight is 425 g/mol. The number of phenolic OH excluding ortho intramolecular Hbond substituents is 1. The molecular formula is C26H20FN3O2. The van der Waals surface area contributed by atoms with Crippen LogP contribution in [0.5, 0.6) is 11.6 Å². The normalized spacial score (nSPS) is 11.2. The van der Waals surface area contributed by atoms with Gasteiger partial charge in [0.05, 0.1) is 11.4 Å². The molecule has 5 aromatic rings. The van der Waals surface area contributed by atoms with E-state index < -0.39 is 11.6 Å². The lowest BCUT2D eigenvalue weighted by Gasteiger charge is -2.08. The molecule has 0 aliphatic carbocycles. The van der Waals surface area contributed by atoms with Crippen LogP contribution in [0.3, 0.4) is 0 Å². The fourth-order valence-electron chi connectivity index (χ4n) is 3.78. The van der Waals surface area contributed by atoms with E-state index in [4.69, 9.17) is 4.98 Å². The van der Waals surface area contributed by atoms with E-state index in [0.29, 0.717) is 23.3 Å². The van der Waals surface area contributed by atoms with Crippen LogP contribution >= 0.6 is 0 Å². The topological polar surface area (TPSA) is 70.7 Å². The maximum Gasteiger partial charge on any atom is 0.219 e. The Balaban J connectivity index is 1.64. The molecule has 2 aromatic heterocycles. The van der Waals surface area contributed by atoms with Crippen molar-refractivity contribution < 1.29 is 14.6 Å². The molecular weight excluding hydrogens is 405 g/mol. The molecule has 0 aliphatic rings. The second-order valence-corrected chi connectivity index (χ2v) is 7.64. The van der Waals surface area contributed by atoms with Crippen molar-refractivity contribution in [2.75, 3.05) is 0 Å². The summed E-state index contributed by atoms with van der Waals surface area (Å²) in [4.78, 5) is 9.54. The molecule has 0 saturated carbocycles. The van der Waals surface area contributed by atoms with Crippen LogP contribution in [-0.4, -0.2) is 24.6 Å². The molecule has 0 radical (unpaired) electrons. The molecule has 6 heteroatoms. The van der Waals surface area contributed by atoms with Crippen LogP contribution in [0.25, 0.3) is 16.9 Å². The molecule has 0 aliphatic heterocycles. The van der Waals surface area contributed by atoms with E-state index in [2.05, 4.69) is 4.98 Å². The van der Waals surface area contributed by atoms with Gasteiger partial charge in [0.25, 0.3) is 0 Å². The maximum atomic E-state index is 13.4. The van der Waals surface area contributed by atoms with Crippen LogP contribution < -0.4 is 0 Å². The number of halogens is 1. The van der Waals surface area contributed by atoms with Crippen molar-refractivity contribution in [2.45, 2.75) is 12.8 Å². The summed E-state index contributed by atoms with van der Waals surface area (Å²) in [6.45, 7) is 0. The van der Waals surface area contributed by atoms with Crippen molar-refractivity contribution in [3.63, 3.8) is 0 Å². The van der Waals surface area contributed by atoms with Crippen molar-refractivity contribution in [1.82, 2.24) is 14.4 Å². The zero-order valence-electron chi connectivity index (χ0n) is 17.1. The van der Waals surface area contributed by atoms with Gasteiger partial charge >= 0.3 is 0 Å². The number of aromatic nitrogens is 3. The molecule has 5 rings (SSSR count). The zero-order valence-corrected chi connectivity index (χ0v) is 17.1. The predicted molar refractivity (Wildman–Crippen MR) is 120 cm³/mol. The molecule has 158 valence electrons. The summed E-state index contributed by atoms with van der Waals surface area (Å²) in [5.74, 6) is -1.11. The Bertz CT molecular complexity index is 1400. The zero-order chi connectivity index (χ0) is 22.1. The highest BCUT2D eigenvalue weighted by Gasteiger charge is 2.18. The number of aromatic hydroxyl groups is 2. The van der Waals surface area contributed by atoms with Crippen molar-refractivity contribution in [3.8, 4) is 22.9 Å². The van der Waals surface area contributed by atoms with E-state index in [1.807, 2.05) is 60.7 Å². The second kappa shape index (κ2) is 8.15. The SMILES string of the molecule is Oc1cc(Cc2nc3c(Cc4ccccc4)nc(-c4ccccc4)cn3c2O)ccc1F. The molecule has 2 heterocycles. The highest BCUT2D eigenvalue weighted by molar-refractivity contribution is 5.63. The van der Waals surface area contributed by atoms with Gasteiger partial charge in [0.2, 0.25) is 5.88 Å². The third-order valence-electron chi connectivity index (χ3n) is 5.39. The fraction of sp³-hybridized carbons (Fsp3) is 0.0769. The van der Waals surface area contributed by atoms with Crippen LogP contribution in [0.2, 0.25) is 0 Å². The van der Waals surface area contributed by atoms with Crippen molar-refractivity contribution >= 4 is 5.65 Å². The van der Waals surface area contributed by atoms with Gasteiger partial charge in [0, 0.05) is 24.6 Å². The standard InChI is InChI=1S/C26H20FN3O2/c27-20-12-11-18(15-24(20)31)14-22-26(32)30-16-23(19-9-5-2-6-10-19)28-21(25(30)29-22)13-17-7-3-1-4-8-17/h1-12,15-16,31-32H,13-14H2. The van der Waals surface area contributed by atoms with Gasteiger partial charge in [-0.3, -0.25) is 4.40 Å². The van der Waals surface area contributed by atoms with Crippen LogP contribution in [0.15, 0.2) is 85.1 Å². The van der Waals surface area contributed by atoms with Gasteiger partial charge in [-0.05, 0) is 23.3 Å². The van der Waals surface area contributed by atoms with Gasteiger partial charge in [0.1, 0.15) is 5.69 Å². The summed E-state index contributed by atoms with van der Waals surface area (Å²) in [6.07, 6.45) is 2.57. The van der Waals surface area contributed by atoms with E-state index in [1.165, 1.54) is 12.1 Å². The number of hydrogen-bond acceptors (Lipinski definition) is 4. The fourth-order valence-corrected chi connectivity index (χ4v) is 3.78.